The summed E-state index contributed by atoms with van der Waals surface area (Å²) in [4.78, 5) is 17.4. The number of carbonyl (C=O) groups is 1. The van der Waals surface area contributed by atoms with Gasteiger partial charge in [0, 0.05) is 28.1 Å². The van der Waals surface area contributed by atoms with Gasteiger partial charge in [0.1, 0.15) is 0 Å². The topological polar surface area (TPSA) is 46.4 Å². The van der Waals surface area contributed by atoms with Gasteiger partial charge >= 0.3 is 0 Å². The van der Waals surface area contributed by atoms with Gasteiger partial charge in [-0.1, -0.05) is 40.2 Å². The second-order valence-electron chi connectivity index (χ2n) is 5.65. The molecule has 0 bridgehead atoms. The van der Waals surface area contributed by atoms with Crippen LogP contribution >= 0.6 is 27.7 Å². The lowest BCUT2D eigenvalue weighted by Gasteiger charge is -1.99. The molecule has 1 aliphatic heterocycles. The molecule has 1 fully saturated rings. The predicted molar refractivity (Wildman–Crippen MR) is 108 cm³/mol. The fraction of sp³-hybridized carbons (Fsp3) is 0.0526. The summed E-state index contributed by atoms with van der Waals surface area (Å²) < 4.78 is 3.04. The van der Waals surface area contributed by atoms with Crippen molar-refractivity contribution in [1.82, 2.24) is 9.88 Å². The minimum absolute atomic E-state index is 0.121. The van der Waals surface area contributed by atoms with Gasteiger partial charge in [0.2, 0.25) is 0 Å². The molecule has 4 nitrogen and oxygen atoms in total. The van der Waals surface area contributed by atoms with Gasteiger partial charge in [0.25, 0.3) is 5.91 Å². The minimum atomic E-state index is -0.121. The lowest BCUT2D eigenvalue weighted by atomic mass is 10.2. The highest BCUT2D eigenvalue weighted by molar-refractivity contribution is 9.10. The Morgan fingerprint density at radius 3 is 2.80 bits per heavy atom. The average Bonchev–Trinajstić information content (AvgIpc) is 3.09. The maximum atomic E-state index is 12.3. The number of nitrogens with zero attached hydrogens (tertiary/aromatic N) is 2. The molecule has 0 saturated carbocycles. The highest BCUT2D eigenvalue weighted by Gasteiger charge is 2.24. The van der Waals surface area contributed by atoms with E-state index in [4.69, 9.17) is 0 Å². The number of rotatable bonds is 2. The number of hydrogen-bond donors (Lipinski definition) is 1. The summed E-state index contributed by atoms with van der Waals surface area (Å²) in [5, 5.41) is 4.57. The van der Waals surface area contributed by atoms with Crippen molar-refractivity contribution in [2.45, 2.75) is 0 Å². The van der Waals surface area contributed by atoms with Crippen molar-refractivity contribution in [2.24, 2.45) is 12.0 Å². The molecule has 2 aromatic carbocycles. The van der Waals surface area contributed by atoms with Gasteiger partial charge in [-0.25, -0.2) is 4.99 Å². The van der Waals surface area contributed by atoms with Crippen LogP contribution < -0.4 is 5.32 Å². The van der Waals surface area contributed by atoms with Crippen LogP contribution in [0.2, 0.25) is 0 Å². The summed E-state index contributed by atoms with van der Waals surface area (Å²) in [6.07, 6.45) is 1.91. The van der Waals surface area contributed by atoms with E-state index >= 15 is 0 Å². The molecule has 1 saturated heterocycles. The van der Waals surface area contributed by atoms with Crippen molar-refractivity contribution in [1.29, 1.82) is 0 Å². The summed E-state index contributed by atoms with van der Waals surface area (Å²) in [6, 6.07) is 17.9. The van der Waals surface area contributed by atoms with Gasteiger partial charge in [-0.3, -0.25) is 4.79 Å². The van der Waals surface area contributed by atoms with E-state index in [1.807, 2.05) is 49.5 Å². The van der Waals surface area contributed by atoms with E-state index in [0.717, 1.165) is 26.8 Å². The normalized spacial score (nSPS) is 17.6. The van der Waals surface area contributed by atoms with Crippen molar-refractivity contribution in [3.05, 3.63) is 69.7 Å². The van der Waals surface area contributed by atoms with Crippen LogP contribution in [-0.4, -0.2) is 15.6 Å². The van der Waals surface area contributed by atoms with Crippen LogP contribution in [0.25, 0.3) is 17.0 Å². The molecule has 1 N–H and O–H groups in total. The van der Waals surface area contributed by atoms with Crippen LogP contribution in [0.5, 0.6) is 0 Å². The highest BCUT2D eigenvalue weighted by Crippen LogP contribution is 2.30. The van der Waals surface area contributed by atoms with Crippen LogP contribution in [0.1, 0.15) is 5.69 Å². The smallest absolute Gasteiger partial charge is 0.264 e. The highest BCUT2D eigenvalue weighted by atomic mass is 79.9. The zero-order valence-electron chi connectivity index (χ0n) is 13.4. The molecular weight excluding hydrogens is 398 g/mol. The average molecular weight is 412 g/mol. The molecule has 2 heterocycles. The molecule has 1 aliphatic rings. The van der Waals surface area contributed by atoms with Crippen molar-refractivity contribution in [3.8, 4) is 0 Å². The van der Waals surface area contributed by atoms with Crippen LogP contribution in [0.4, 0.5) is 5.69 Å². The molecule has 3 aromatic rings. The monoisotopic (exact) mass is 411 g/mol. The van der Waals surface area contributed by atoms with Gasteiger partial charge in [0.15, 0.2) is 5.17 Å². The predicted octanol–water partition coefficient (Wildman–Crippen LogP) is 4.83. The minimum Gasteiger partial charge on any atom is -0.344 e. The Bertz CT molecular complexity index is 1050. The van der Waals surface area contributed by atoms with Gasteiger partial charge in [-0.05, 0) is 48.2 Å². The fourth-order valence-corrected chi connectivity index (χ4v) is 3.94. The first-order chi connectivity index (χ1) is 12.1. The van der Waals surface area contributed by atoms with Crippen molar-refractivity contribution in [2.75, 3.05) is 0 Å². The number of aryl methyl sites for hydroxylation is 1. The van der Waals surface area contributed by atoms with Crippen LogP contribution in [-0.2, 0) is 11.8 Å². The number of amidine groups is 1. The van der Waals surface area contributed by atoms with E-state index in [2.05, 4.69) is 49.0 Å². The molecule has 0 atom stereocenters. The standard InChI is InChI=1S/C19H14BrN3OS/c1-23-15(9-12-5-2-3-8-16(12)23)11-17-18(24)22-19(25-17)21-14-7-4-6-13(20)10-14/h2-11H,1H3,(H,21,22,24). The molecule has 1 aromatic heterocycles. The molecule has 0 radical (unpaired) electrons. The number of benzene rings is 2. The lowest BCUT2D eigenvalue weighted by Crippen LogP contribution is -2.19. The number of hydrogen-bond acceptors (Lipinski definition) is 3. The Morgan fingerprint density at radius 2 is 2.00 bits per heavy atom. The number of halogens is 1. The first-order valence-corrected chi connectivity index (χ1v) is 9.31. The number of para-hydroxylation sites is 1. The largest absolute Gasteiger partial charge is 0.344 e. The number of aromatic nitrogens is 1. The first-order valence-electron chi connectivity index (χ1n) is 7.70. The van der Waals surface area contributed by atoms with Gasteiger partial charge in [-0.2, -0.15) is 0 Å². The van der Waals surface area contributed by atoms with Crippen molar-refractivity contribution < 1.29 is 4.79 Å². The molecule has 25 heavy (non-hydrogen) atoms. The zero-order valence-corrected chi connectivity index (χ0v) is 15.8. The van der Waals surface area contributed by atoms with E-state index in [0.29, 0.717) is 10.1 Å². The van der Waals surface area contributed by atoms with Gasteiger partial charge in [-0.15, -0.1) is 0 Å². The third-order valence-electron chi connectivity index (χ3n) is 3.96. The molecule has 124 valence electrons. The fourth-order valence-electron chi connectivity index (χ4n) is 2.73. The number of amides is 1. The third kappa shape index (κ3) is 3.27. The Labute approximate surface area is 157 Å². The summed E-state index contributed by atoms with van der Waals surface area (Å²) in [5.74, 6) is -0.121. The second-order valence-corrected chi connectivity index (χ2v) is 7.59. The summed E-state index contributed by atoms with van der Waals surface area (Å²) >= 11 is 4.78. The Morgan fingerprint density at radius 1 is 1.16 bits per heavy atom. The maximum Gasteiger partial charge on any atom is 0.264 e. The number of carbonyl (C=O) groups excluding carboxylic acids is 1. The quantitative estimate of drug-likeness (QED) is 0.613. The SMILES string of the molecule is Cn1c(C=C2SC(=Nc3cccc(Br)c3)NC2=O)cc2ccccc21. The zero-order chi connectivity index (χ0) is 17.4. The number of fused-ring (bicyclic) bond motifs is 1. The van der Waals surface area contributed by atoms with E-state index in [1.54, 1.807) is 0 Å². The second kappa shape index (κ2) is 6.54. The number of aliphatic imine (C=N–C) groups is 1. The molecule has 1 amide bonds. The summed E-state index contributed by atoms with van der Waals surface area (Å²) in [6.45, 7) is 0. The van der Waals surface area contributed by atoms with E-state index in [9.17, 15) is 4.79 Å². The van der Waals surface area contributed by atoms with Crippen molar-refractivity contribution in [3.63, 3.8) is 0 Å². The Hall–Kier alpha value is -2.31. The van der Waals surface area contributed by atoms with E-state index in [-0.39, 0.29) is 5.91 Å². The molecule has 0 unspecified atom stereocenters. The van der Waals surface area contributed by atoms with Gasteiger partial charge < -0.3 is 9.88 Å². The Balaban J connectivity index is 1.65. The summed E-state index contributed by atoms with van der Waals surface area (Å²) in [5.41, 5.74) is 2.92. The van der Waals surface area contributed by atoms with E-state index in [1.165, 1.54) is 11.8 Å². The van der Waals surface area contributed by atoms with Crippen LogP contribution in [0.15, 0.2) is 69.0 Å². The maximum absolute atomic E-state index is 12.3. The summed E-state index contributed by atoms with van der Waals surface area (Å²) in [7, 11) is 2.00. The number of nitrogens with one attached hydrogen (secondary N) is 1. The molecule has 4 rings (SSSR count). The van der Waals surface area contributed by atoms with Crippen LogP contribution in [0.3, 0.4) is 0 Å². The molecule has 0 spiro atoms. The first kappa shape index (κ1) is 16.2. The van der Waals surface area contributed by atoms with Crippen molar-refractivity contribution >= 4 is 61.4 Å². The Kier molecular flexibility index (Phi) is 4.23. The lowest BCUT2D eigenvalue weighted by molar-refractivity contribution is -0.115. The third-order valence-corrected chi connectivity index (χ3v) is 5.36. The van der Waals surface area contributed by atoms with Crippen LogP contribution in [0, 0.1) is 0 Å². The van der Waals surface area contributed by atoms with Gasteiger partial charge in [0.05, 0.1) is 10.6 Å². The molecule has 0 aliphatic carbocycles. The molecular formula is C19H14BrN3OS. The molecule has 6 heteroatoms. The van der Waals surface area contributed by atoms with E-state index < -0.39 is 0 Å². The number of thioether (sulfide) groups is 1.